The van der Waals surface area contributed by atoms with Gasteiger partial charge in [0.15, 0.2) is 0 Å². The Morgan fingerprint density at radius 1 is 1.85 bits per heavy atom. The van der Waals surface area contributed by atoms with Gasteiger partial charge in [-0.3, -0.25) is 0 Å². The predicted octanol–water partition coefficient (Wildman–Crippen LogP) is -0.455. The largest absolute Gasteiger partial charge is 0.444 e. The second kappa shape index (κ2) is 2.70. The molecule has 7 nitrogen and oxygen atoms in total. The summed E-state index contributed by atoms with van der Waals surface area (Å²) in [4.78, 5) is 13.6. The molecular weight excluding hydrogens is 178 g/mol. The van der Waals surface area contributed by atoms with Gasteiger partial charge in [0.2, 0.25) is 0 Å². The maximum absolute atomic E-state index is 10.4. The van der Waals surface area contributed by atoms with Gasteiger partial charge in [0.1, 0.15) is 25.5 Å². The molecule has 0 aromatic carbocycles. The first-order valence-corrected chi connectivity index (χ1v) is 3.69. The van der Waals surface area contributed by atoms with Crippen LogP contribution in [0.3, 0.4) is 0 Å². The van der Waals surface area contributed by atoms with Crippen LogP contribution in [0.5, 0.6) is 6.01 Å². The Kier molecular flexibility index (Phi) is 1.66. The quantitative estimate of drug-likeness (QED) is 0.472. The van der Waals surface area contributed by atoms with Crippen LogP contribution in [0.25, 0.3) is 0 Å². The summed E-state index contributed by atoms with van der Waals surface area (Å²) in [6.07, 6.45) is 0.410. The van der Waals surface area contributed by atoms with Gasteiger partial charge in [-0.1, -0.05) is 0 Å². The van der Waals surface area contributed by atoms with E-state index in [4.69, 9.17) is 4.74 Å². The van der Waals surface area contributed by atoms with Gasteiger partial charge in [-0.25, -0.2) is 0 Å². The third kappa shape index (κ3) is 1.22. The van der Waals surface area contributed by atoms with E-state index in [1.807, 2.05) is 0 Å². The van der Waals surface area contributed by atoms with Gasteiger partial charge < -0.3 is 20.0 Å². The average molecular weight is 185 g/mol. The van der Waals surface area contributed by atoms with E-state index in [0.717, 1.165) is 6.20 Å². The molecule has 1 aromatic heterocycles. The van der Waals surface area contributed by atoms with E-state index in [1.165, 1.54) is 4.57 Å². The number of aliphatic hydroxyl groups excluding tert-OH is 1. The van der Waals surface area contributed by atoms with Gasteiger partial charge >= 0.3 is 11.8 Å². The molecule has 0 unspecified atom stereocenters. The minimum Gasteiger partial charge on any atom is -0.444 e. The summed E-state index contributed by atoms with van der Waals surface area (Å²) in [5, 5.41) is 19.6. The number of hydrogen-bond donors (Lipinski definition) is 1. The highest BCUT2D eigenvalue weighted by Crippen LogP contribution is 2.23. The number of fused-ring (bicyclic) bond motifs is 1. The molecule has 7 heteroatoms. The Morgan fingerprint density at radius 2 is 2.62 bits per heavy atom. The number of nitrogens with zero attached hydrogens (tertiary/aromatic N) is 3. The summed E-state index contributed by atoms with van der Waals surface area (Å²) in [6.45, 7) is 0.291. The molecule has 0 fully saturated rings. The number of nitro groups is 1. The lowest BCUT2D eigenvalue weighted by atomic mass is 10.3. The van der Waals surface area contributed by atoms with Crippen molar-refractivity contribution in [1.29, 1.82) is 0 Å². The minimum atomic E-state index is -0.708. The maximum Gasteiger partial charge on any atom is 0.391 e. The van der Waals surface area contributed by atoms with E-state index in [2.05, 4.69) is 4.98 Å². The van der Waals surface area contributed by atoms with Crippen molar-refractivity contribution in [2.75, 3.05) is 6.61 Å². The molecule has 1 N–H and O–H groups in total. The van der Waals surface area contributed by atoms with Crippen molar-refractivity contribution >= 4 is 5.82 Å². The third-order valence-corrected chi connectivity index (χ3v) is 1.78. The fourth-order valence-corrected chi connectivity index (χ4v) is 1.22. The normalized spacial score (nSPS) is 20.5. The monoisotopic (exact) mass is 185 g/mol. The van der Waals surface area contributed by atoms with E-state index in [0.29, 0.717) is 0 Å². The molecule has 0 aliphatic carbocycles. The zero-order valence-corrected chi connectivity index (χ0v) is 6.58. The summed E-state index contributed by atoms with van der Waals surface area (Å²) in [5.41, 5.74) is 0. The number of imidazole rings is 1. The summed E-state index contributed by atoms with van der Waals surface area (Å²) < 4.78 is 6.21. The van der Waals surface area contributed by atoms with Gasteiger partial charge in [0, 0.05) is 0 Å². The van der Waals surface area contributed by atoms with Crippen LogP contribution in [0.4, 0.5) is 5.82 Å². The highest BCUT2D eigenvalue weighted by atomic mass is 16.6. The second-order valence-electron chi connectivity index (χ2n) is 2.73. The molecule has 1 aliphatic rings. The van der Waals surface area contributed by atoms with Crippen molar-refractivity contribution in [3.05, 3.63) is 16.3 Å². The zero-order chi connectivity index (χ0) is 9.42. The average Bonchev–Trinajstić information content (AvgIpc) is 2.46. The van der Waals surface area contributed by atoms with Crippen LogP contribution in [0, 0.1) is 10.1 Å². The number of hydrogen-bond acceptors (Lipinski definition) is 5. The summed E-state index contributed by atoms with van der Waals surface area (Å²) >= 11 is 0. The Labute approximate surface area is 72.7 Å². The van der Waals surface area contributed by atoms with Crippen molar-refractivity contribution in [1.82, 2.24) is 9.55 Å². The maximum atomic E-state index is 10.4. The van der Waals surface area contributed by atoms with Crippen LogP contribution in [-0.2, 0) is 6.54 Å². The lowest BCUT2D eigenvalue weighted by molar-refractivity contribution is -0.392. The molecule has 0 radical (unpaired) electrons. The molecule has 2 heterocycles. The van der Waals surface area contributed by atoms with E-state index >= 15 is 0 Å². The first-order chi connectivity index (χ1) is 6.18. The standard InChI is InChI=1S/C6H7N3O4/c10-4-2-8-5(9(11)12)1-7-6(8)13-3-4/h1,4,10H,2-3H2/t4-/m0/s1. The molecule has 1 atom stereocenters. The van der Waals surface area contributed by atoms with Crippen molar-refractivity contribution < 1.29 is 14.8 Å². The molecular formula is C6H7N3O4. The predicted molar refractivity (Wildman–Crippen MR) is 40.4 cm³/mol. The first kappa shape index (κ1) is 7.99. The van der Waals surface area contributed by atoms with E-state index in [9.17, 15) is 15.2 Å². The molecule has 0 spiro atoms. The second-order valence-corrected chi connectivity index (χ2v) is 2.73. The Balaban J connectivity index is 2.41. The smallest absolute Gasteiger partial charge is 0.391 e. The van der Waals surface area contributed by atoms with Crippen molar-refractivity contribution in [2.45, 2.75) is 12.6 Å². The van der Waals surface area contributed by atoms with Crippen molar-refractivity contribution in [2.24, 2.45) is 0 Å². The number of aliphatic hydroxyl groups is 1. The van der Waals surface area contributed by atoms with Gasteiger partial charge in [-0.2, -0.15) is 9.55 Å². The van der Waals surface area contributed by atoms with Crippen LogP contribution in [-0.4, -0.2) is 32.3 Å². The SMILES string of the molecule is O=[N+]([O-])c1cnc2n1C[C@H](O)CO2. The van der Waals surface area contributed by atoms with Crippen molar-refractivity contribution in [3.8, 4) is 6.01 Å². The summed E-state index contributed by atoms with van der Waals surface area (Å²) in [7, 11) is 0. The zero-order valence-electron chi connectivity index (χ0n) is 6.58. The van der Waals surface area contributed by atoms with Gasteiger partial charge in [-0.05, 0) is 4.92 Å². The molecule has 0 saturated heterocycles. The van der Waals surface area contributed by atoms with Crippen LogP contribution in [0.2, 0.25) is 0 Å². The van der Waals surface area contributed by atoms with Crippen LogP contribution in [0.15, 0.2) is 6.20 Å². The van der Waals surface area contributed by atoms with Crippen LogP contribution >= 0.6 is 0 Å². The minimum absolute atomic E-state index is 0.133. The molecule has 1 aromatic rings. The fraction of sp³-hybridized carbons (Fsp3) is 0.500. The van der Waals surface area contributed by atoms with E-state index in [1.54, 1.807) is 0 Å². The Hall–Kier alpha value is -1.63. The van der Waals surface area contributed by atoms with Crippen LogP contribution < -0.4 is 4.74 Å². The molecule has 2 rings (SSSR count). The molecule has 13 heavy (non-hydrogen) atoms. The molecule has 0 amide bonds. The Morgan fingerprint density at radius 3 is 3.31 bits per heavy atom. The molecule has 0 saturated carbocycles. The third-order valence-electron chi connectivity index (χ3n) is 1.78. The lowest BCUT2D eigenvalue weighted by Crippen LogP contribution is -2.30. The van der Waals surface area contributed by atoms with E-state index in [-0.39, 0.29) is 25.0 Å². The molecule has 1 aliphatic heterocycles. The number of aromatic nitrogens is 2. The summed E-state index contributed by atoms with van der Waals surface area (Å²) in [6, 6.07) is 0.192. The Bertz CT molecular complexity index is 348. The lowest BCUT2D eigenvalue weighted by Gasteiger charge is -2.15. The van der Waals surface area contributed by atoms with E-state index < -0.39 is 11.0 Å². The highest BCUT2D eigenvalue weighted by molar-refractivity contribution is 5.23. The molecule has 70 valence electrons. The van der Waals surface area contributed by atoms with Crippen LogP contribution in [0.1, 0.15) is 0 Å². The number of rotatable bonds is 1. The first-order valence-electron chi connectivity index (χ1n) is 3.69. The van der Waals surface area contributed by atoms with Gasteiger partial charge in [0.25, 0.3) is 0 Å². The topological polar surface area (TPSA) is 90.4 Å². The highest BCUT2D eigenvalue weighted by Gasteiger charge is 2.28. The van der Waals surface area contributed by atoms with Gasteiger partial charge in [0.05, 0.1) is 0 Å². The fourth-order valence-electron chi connectivity index (χ4n) is 1.22. The molecule has 0 bridgehead atoms. The summed E-state index contributed by atoms with van der Waals surface area (Å²) in [5.74, 6) is -0.159. The number of ether oxygens (including phenoxy) is 1. The van der Waals surface area contributed by atoms with Crippen molar-refractivity contribution in [3.63, 3.8) is 0 Å². The van der Waals surface area contributed by atoms with Gasteiger partial charge in [-0.15, -0.1) is 0 Å².